The smallest absolute Gasteiger partial charge is 0.225 e. The van der Waals surface area contributed by atoms with Gasteiger partial charge in [0.15, 0.2) is 0 Å². The topological polar surface area (TPSA) is 20.3 Å². The second-order valence-electron chi connectivity index (χ2n) is 4.91. The van der Waals surface area contributed by atoms with Gasteiger partial charge in [0.2, 0.25) is 5.24 Å². The Balaban J connectivity index is 1.89. The van der Waals surface area contributed by atoms with E-state index in [2.05, 4.69) is 4.90 Å². The maximum atomic E-state index is 11.3. The van der Waals surface area contributed by atoms with Crippen LogP contribution in [0.2, 0.25) is 0 Å². The zero-order valence-corrected chi connectivity index (χ0v) is 8.33. The number of piperidine rings is 3. The zero-order valence-electron chi connectivity index (χ0n) is 7.58. The van der Waals surface area contributed by atoms with Crippen LogP contribution < -0.4 is 0 Å². The summed E-state index contributed by atoms with van der Waals surface area (Å²) in [6.45, 7) is 3.52. The van der Waals surface area contributed by atoms with Crippen molar-refractivity contribution in [2.24, 2.45) is 23.7 Å². The summed E-state index contributed by atoms with van der Waals surface area (Å²) in [5.41, 5.74) is 0. The standard InChI is InChI=1S/C10H14ClNO/c11-10(13)9-7-1-6-2-8(9)5-12(3-6)4-7/h6-9H,1-5H2. The van der Waals surface area contributed by atoms with Crippen LogP contribution in [0.4, 0.5) is 0 Å². The van der Waals surface area contributed by atoms with Crippen molar-refractivity contribution >= 4 is 16.8 Å². The predicted molar refractivity (Wildman–Crippen MR) is 50.5 cm³/mol. The molecule has 1 aliphatic carbocycles. The molecule has 4 bridgehead atoms. The van der Waals surface area contributed by atoms with E-state index in [1.807, 2.05) is 0 Å². The molecule has 3 heterocycles. The lowest BCUT2D eigenvalue weighted by molar-refractivity contribution is -0.130. The molecule has 0 spiro atoms. The van der Waals surface area contributed by atoms with E-state index in [1.54, 1.807) is 0 Å². The van der Waals surface area contributed by atoms with Crippen LogP contribution in [-0.4, -0.2) is 29.8 Å². The summed E-state index contributed by atoms with van der Waals surface area (Å²) in [5.74, 6) is 2.21. The molecule has 4 aliphatic rings. The molecule has 0 aromatic heterocycles. The molecule has 4 rings (SSSR count). The highest BCUT2D eigenvalue weighted by atomic mass is 35.5. The molecule has 2 atom stereocenters. The van der Waals surface area contributed by atoms with Crippen LogP contribution in [0.15, 0.2) is 0 Å². The molecular formula is C10H14ClNO. The van der Waals surface area contributed by atoms with Crippen molar-refractivity contribution in [2.75, 3.05) is 19.6 Å². The van der Waals surface area contributed by atoms with E-state index in [4.69, 9.17) is 11.6 Å². The quantitative estimate of drug-likeness (QED) is 0.594. The number of nitrogens with zero attached hydrogens (tertiary/aromatic N) is 1. The lowest BCUT2D eigenvalue weighted by atomic mass is 9.62. The number of hydrogen-bond donors (Lipinski definition) is 0. The third-order valence-electron chi connectivity index (χ3n) is 4.05. The maximum Gasteiger partial charge on any atom is 0.225 e. The van der Waals surface area contributed by atoms with Crippen molar-refractivity contribution < 1.29 is 4.79 Å². The van der Waals surface area contributed by atoms with Gasteiger partial charge in [-0.1, -0.05) is 0 Å². The minimum atomic E-state index is -0.0741. The van der Waals surface area contributed by atoms with Gasteiger partial charge in [-0.15, -0.1) is 0 Å². The van der Waals surface area contributed by atoms with Crippen molar-refractivity contribution in [1.29, 1.82) is 0 Å². The molecule has 0 N–H and O–H groups in total. The summed E-state index contributed by atoms with van der Waals surface area (Å²) in [6.07, 6.45) is 2.49. The number of carbonyl (C=O) groups is 1. The molecule has 0 aromatic carbocycles. The van der Waals surface area contributed by atoms with Gasteiger partial charge >= 0.3 is 0 Å². The van der Waals surface area contributed by atoms with Crippen molar-refractivity contribution in [3.05, 3.63) is 0 Å². The number of carbonyl (C=O) groups excluding carboxylic acids is 1. The molecule has 2 nitrogen and oxygen atoms in total. The third-order valence-corrected chi connectivity index (χ3v) is 4.30. The van der Waals surface area contributed by atoms with E-state index in [0.717, 1.165) is 19.0 Å². The Morgan fingerprint density at radius 3 is 2.23 bits per heavy atom. The average molecular weight is 200 g/mol. The van der Waals surface area contributed by atoms with Crippen molar-refractivity contribution in [3.63, 3.8) is 0 Å². The van der Waals surface area contributed by atoms with Gasteiger partial charge in [0.05, 0.1) is 0 Å². The molecule has 3 aliphatic heterocycles. The fourth-order valence-corrected chi connectivity index (χ4v) is 4.13. The molecular weight excluding hydrogens is 186 g/mol. The summed E-state index contributed by atoms with van der Waals surface area (Å²) in [4.78, 5) is 13.8. The maximum absolute atomic E-state index is 11.3. The van der Waals surface area contributed by atoms with Crippen molar-refractivity contribution in [1.82, 2.24) is 4.90 Å². The SMILES string of the molecule is O=C(Cl)C1C2CC3CC1CN(C3)C2. The first-order valence-corrected chi connectivity index (χ1v) is 5.53. The van der Waals surface area contributed by atoms with Crippen LogP contribution in [0.5, 0.6) is 0 Å². The molecule has 3 saturated heterocycles. The van der Waals surface area contributed by atoms with Gasteiger partial charge in [0.1, 0.15) is 0 Å². The molecule has 72 valence electrons. The molecule has 0 amide bonds. The van der Waals surface area contributed by atoms with E-state index in [0.29, 0.717) is 11.8 Å². The minimum Gasteiger partial charge on any atom is -0.302 e. The highest BCUT2D eigenvalue weighted by Crippen LogP contribution is 2.47. The van der Waals surface area contributed by atoms with Gasteiger partial charge < -0.3 is 4.90 Å². The van der Waals surface area contributed by atoms with E-state index in [9.17, 15) is 4.79 Å². The summed E-state index contributed by atoms with van der Waals surface area (Å²) in [7, 11) is 0. The Morgan fingerprint density at radius 2 is 1.77 bits per heavy atom. The largest absolute Gasteiger partial charge is 0.302 e. The molecule has 13 heavy (non-hydrogen) atoms. The zero-order chi connectivity index (χ0) is 9.00. The molecule has 0 aromatic rings. The van der Waals surface area contributed by atoms with E-state index in [-0.39, 0.29) is 11.2 Å². The Bertz CT molecular complexity index is 225. The first kappa shape index (κ1) is 8.25. The summed E-state index contributed by atoms with van der Waals surface area (Å²) in [5, 5.41) is -0.0741. The second-order valence-corrected chi connectivity index (χ2v) is 5.28. The molecule has 2 unspecified atom stereocenters. The van der Waals surface area contributed by atoms with Gasteiger partial charge in [-0.3, -0.25) is 4.79 Å². The third kappa shape index (κ3) is 1.15. The number of hydrogen-bond acceptors (Lipinski definition) is 2. The lowest BCUT2D eigenvalue weighted by Crippen LogP contribution is -2.58. The van der Waals surface area contributed by atoms with Crippen LogP contribution in [0.1, 0.15) is 12.8 Å². The first-order valence-electron chi connectivity index (χ1n) is 5.15. The Kier molecular flexibility index (Phi) is 1.72. The van der Waals surface area contributed by atoms with E-state index in [1.165, 1.54) is 19.4 Å². The van der Waals surface area contributed by atoms with Crippen LogP contribution >= 0.6 is 11.6 Å². The monoisotopic (exact) mass is 199 g/mol. The Labute approximate surface area is 83.2 Å². The number of halogens is 1. The highest BCUT2D eigenvalue weighted by molar-refractivity contribution is 6.64. The minimum absolute atomic E-state index is 0.0741. The van der Waals surface area contributed by atoms with Crippen LogP contribution in [0.25, 0.3) is 0 Å². The summed E-state index contributed by atoms with van der Waals surface area (Å²) in [6, 6.07) is 0. The predicted octanol–water partition coefficient (Wildman–Crippen LogP) is 1.34. The van der Waals surface area contributed by atoms with Crippen LogP contribution in [0, 0.1) is 23.7 Å². The molecule has 4 fully saturated rings. The molecule has 0 radical (unpaired) electrons. The van der Waals surface area contributed by atoms with Gasteiger partial charge in [-0.05, 0) is 42.2 Å². The van der Waals surface area contributed by atoms with Crippen molar-refractivity contribution in [3.8, 4) is 0 Å². The Hall–Kier alpha value is -0.0800. The van der Waals surface area contributed by atoms with Crippen LogP contribution in [0.3, 0.4) is 0 Å². The van der Waals surface area contributed by atoms with E-state index >= 15 is 0 Å². The summed E-state index contributed by atoms with van der Waals surface area (Å²) >= 11 is 5.66. The fraction of sp³-hybridized carbons (Fsp3) is 0.900. The molecule has 3 heteroatoms. The normalized spacial score (nSPS) is 52.5. The Morgan fingerprint density at radius 1 is 1.15 bits per heavy atom. The van der Waals surface area contributed by atoms with Gasteiger partial charge in [-0.2, -0.15) is 0 Å². The fourth-order valence-electron chi connectivity index (χ4n) is 3.78. The van der Waals surface area contributed by atoms with Gasteiger partial charge in [0, 0.05) is 25.6 Å². The van der Waals surface area contributed by atoms with Crippen LogP contribution in [-0.2, 0) is 4.79 Å². The van der Waals surface area contributed by atoms with Gasteiger partial charge in [-0.25, -0.2) is 0 Å². The first-order chi connectivity index (χ1) is 6.24. The van der Waals surface area contributed by atoms with Crippen molar-refractivity contribution in [2.45, 2.75) is 12.8 Å². The second kappa shape index (κ2) is 2.71. The average Bonchev–Trinajstić information content (AvgIpc) is 2.00. The number of rotatable bonds is 1. The molecule has 1 saturated carbocycles. The van der Waals surface area contributed by atoms with E-state index < -0.39 is 0 Å². The lowest BCUT2D eigenvalue weighted by Gasteiger charge is -2.54. The van der Waals surface area contributed by atoms with Gasteiger partial charge in [0.25, 0.3) is 0 Å². The summed E-state index contributed by atoms with van der Waals surface area (Å²) < 4.78 is 0. The highest BCUT2D eigenvalue weighted by Gasteiger charge is 2.49.